The molecule has 11 heavy (non-hydrogen) atoms. The normalized spacial score (nSPS) is 14.5. The van der Waals surface area contributed by atoms with E-state index in [-0.39, 0.29) is 5.82 Å². The van der Waals surface area contributed by atoms with Crippen LogP contribution in [0, 0.1) is 0 Å². The van der Waals surface area contributed by atoms with Gasteiger partial charge in [0.2, 0.25) is 5.82 Å². The lowest BCUT2D eigenvalue weighted by molar-refractivity contribution is 0.559. The zero-order chi connectivity index (χ0) is 7.68. The molecule has 55 valence electrons. The summed E-state index contributed by atoms with van der Waals surface area (Å²) in [5.41, 5.74) is 1.99. The second-order valence-corrected chi connectivity index (χ2v) is 2.37. The molecule has 1 aliphatic rings. The molecule has 1 N–H and O–H groups in total. The molecule has 4 nitrogen and oxygen atoms in total. The fourth-order valence-electron chi connectivity index (χ4n) is 1.11. The van der Waals surface area contributed by atoms with E-state index >= 15 is 0 Å². The summed E-state index contributed by atoms with van der Waals surface area (Å²) in [6.07, 6.45) is 3.33. The molecule has 4 heteroatoms. The van der Waals surface area contributed by atoms with Gasteiger partial charge in [-0.05, 0) is 0 Å². The maximum atomic E-state index is 10.1. The lowest BCUT2D eigenvalue weighted by atomic mass is 10.3. The smallest absolute Gasteiger partial charge is 0.274 e. The third-order valence-electron chi connectivity index (χ3n) is 1.65. The summed E-state index contributed by atoms with van der Waals surface area (Å²) in [7, 11) is 0. The van der Waals surface area contributed by atoms with Gasteiger partial charge >= 0.3 is 0 Å². The zero-order valence-electron chi connectivity index (χ0n) is 5.79. The van der Waals surface area contributed by atoms with Crippen molar-refractivity contribution in [3.8, 4) is 0 Å². The van der Waals surface area contributed by atoms with E-state index in [0.717, 1.165) is 24.3 Å². The number of nitrogens with one attached hydrogen (secondary N) is 1. The number of rotatable bonds is 1. The second kappa shape index (κ2) is 2.39. The van der Waals surface area contributed by atoms with Crippen LogP contribution in [0.25, 0.3) is 0 Å². The Bertz CT molecular complexity index is 298. The van der Waals surface area contributed by atoms with E-state index in [1.807, 2.05) is 0 Å². The monoisotopic (exact) mass is 148 g/mol. The van der Waals surface area contributed by atoms with Crippen LogP contribution >= 0.6 is 0 Å². The van der Waals surface area contributed by atoms with Crippen LogP contribution in [0.5, 0.6) is 0 Å². The van der Waals surface area contributed by atoms with E-state index in [4.69, 9.17) is 0 Å². The summed E-state index contributed by atoms with van der Waals surface area (Å²) < 4.78 is 0. The molecule has 0 saturated heterocycles. The third kappa shape index (κ3) is 1.01. The minimum absolute atomic E-state index is 0.146. The molecular weight excluding hydrogens is 142 g/mol. The largest absolute Gasteiger partial charge is 0.307 e. The van der Waals surface area contributed by atoms with Gasteiger partial charge in [0, 0.05) is 24.8 Å². The highest BCUT2D eigenvalue weighted by molar-refractivity contribution is 5.69. The summed E-state index contributed by atoms with van der Waals surface area (Å²) in [6, 6.07) is 0. The van der Waals surface area contributed by atoms with Crippen molar-refractivity contribution in [1.29, 1.82) is 0 Å². The van der Waals surface area contributed by atoms with Crippen molar-refractivity contribution in [2.24, 2.45) is 0 Å². The van der Waals surface area contributed by atoms with Crippen molar-refractivity contribution in [1.82, 2.24) is 15.3 Å². The first kappa shape index (κ1) is 6.42. The fraction of sp³-hybridized carbons (Fsp3) is 0.286. The summed E-state index contributed by atoms with van der Waals surface area (Å²) in [4.78, 5) is 17.9. The van der Waals surface area contributed by atoms with Gasteiger partial charge in [0.25, 0.3) is 6.29 Å². The quantitative estimate of drug-likeness (QED) is 0.585. The molecule has 2 heterocycles. The van der Waals surface area contributed by atoms with E-state index in [9.17, 15) is 4.79 Å². The van der Waals surface area contributed by atoms with Gasteiger partial charge in [-0.1, -0.05) is 0 Å². The molecule has 2 rings (SSSR count). The Morgan fingerprint density at radius 1 is 1.55 bits per heavy atom. The van der Waals surface area contributed by atoms with Crippen molar-refractivity contribution in [2.75, 3.05) is 0 Å². The lowest BCUT2D eigenvalue weighted by Gasteiger charge is -1.93. The third-order valence-corrected chi connectivity index (χ3v) is 1.65. The molecule has 0 bridgehead atoms. The van der Waals surface area contributed by atoms with Crippen molar-refractivity contribution >= 4 is 6.29 Å². The summed E-state index contributed by atoms with van der Waals surface area (Å²) in [5, 5.41) is 3.11. The predicted molar refractivity (Wildman–Crippen MR) is 37.4 cm³/mol. The Labute approximate surface area is 63.7 Å². The minimum Gasteiger partial charge on any atom is -0.307 e. The molecular formula is C7H6N3O. The van der Waals surface area contributed by atoms with Crippen LogP contribution in [-0.4, -0.2) is 16.3 Å². The molecule has 0 spiro atoms. The zero-order valence-corrected chi connectivity index (χ0v) is 5.79. The standard InChI is InChI=1S/C7H6N3O/c11-4-7-9-2-5-1-8-3-6(5)10-7/h2,8H,1,3H2. The van der Waals surface area contributed by atoms with Crippen LogP contribution < -0.4 is 5.32 Å². The number of hydrogen-bond acceptors (Lipinski definition) is 4. The van der Waals surface area contributed by atoms with Crippen molar-refractivity contribution < 1.29 is 4.79 Å². The summed E-state index contributed by atoms with van der Waals surface area (Å²) >= 11 is 0. The molecule has 0 aromatic carbocycles. The highest BCUT2D eigenvalue weighted by atomic mass is 16.1. The van der Waals surface area contributed by atoms with Crippen LogP contribution in [0.2, 0.25) is 0 Å². The van der Waals surface area contributed by atoms with Gasteiger partial charge in [-0.3, -0.25) is 4.79 Å². The first-order valence-corrected chi connectivity index (χ1v) is 3.34. The van der Waals surface area contributed by atoms with Crippen LogP contribution in [-0.2, 0) is 17.9 Å². The molecule has 1 radical (unpaired) electrons. The lowest BCUT2D eigenvalue weighted by Crippen LogP contribution is -2.01. The Balaban J connectivity index is 2.48. The average Bonchev–Trinajstić information content (AvgIpc) is 2.50. The molecule has 1 aromatic rings. The van der Waals surface area contributed by atoms with Gasteiger partial charge in [0.05, 0.1) is 5.69 Å². The van der Waals surface area contributed by atoms with Crippen molar-refractivity contribution in [2.45, 2.75) is 13.1 Å². The molecule has 0 fully saturated rings. The van der Waals surface area contributed by atoms with Crippen LogP contribution in [0.1, 0.15) is 17.1 Å². The second-order valence-electron chi connectivity index (χ2n) is 2.37. The average molecular weight is 148 g/mol. The first-order chi connectivity index (χ1) is 5.40. The number of aromatic nitrogens is 2. The van der Waals surface area contributed by atoms with E-state index < -0.39 is 0 Å². The van der Waals surface area contributed by atoms with E-state index in [1.54, 1.807) is 12.5 Å². The van der Waals surface area contributed by atoms with Crippen LogP contribution in [0.3, 0.4) is 0 Å². The molecule has 0 unspecified atom stereocenters. The van der Waals surface area contributed by atoms with Crippen molar-refractivity contribution in [3.63, 3.8) is 0 Å². The minimum atomic E-state index is 0.146. The fourth-order valence-corrected chi connectivity index (χ4v) is 1.11. The molecule has 0 atom stereocenters. The van der Waals surface area contributed by atoms with E-state index in [2.05, 4.69) is 15.3 Å². The van der Waals surface area contributed by atoms with Gasteiger partial charge in [-0.25, -0.2) is 9.97 Å². The highest BCUT2D eigenvalue weighted by Gasteiger charge is 2.12. The first-order valence-electron chi connectivity index (χ1n) is 3.34. The van der Waals surface area contributed by atoms with E-state index in [1.165, 1.54) is 0 Å². The number of hydrogen-bond donors (Lipinski definition) is 1. The number of carbonyl (C=O) groups excluding carboxylic acids is 1. The molecule has 0 amide bonds. The number of nitrogens with zero attached hydrogens (tertiary/aromatic N) is 2. The predicted octanol–water partition coefficient (Wildman–Crippen LogP) is -0.462. The van der Waals surface area contributed by atoms with E-state index in [0.29, 0.717) is 0 Å². The Morgan fingerprint density at radius 3 is 3.27 bits per heavy atom. The Hall–Kier alpha value is -1.29. The maximum absolute atomic E-state index is 10.1. The summed E-state index contributed by atoms with van der Waals surface area (Å²) in [6.45, 7) is 1.53. The Kier molecular flexibility index (Phi) is 1.40. The van der Waals surface area contributed by atoms with Gasteiger partial charge in [-0.15, -0.1) is 0 Å². The van der Waals surface area contributed by atoms with Crippen LogP contribution in [0.4, 0.5) is 0 Å². The summed E-state index contributed by atoms with van der Waals surface area (Å²) in [5.74, 6) is 0.146. The maximum Gasteiger partial charge on any atom is 0.274 e. The molecule has 1 aliphatic heterocycles. The van der Waals surface area contributed by atoms with Crippen molar-refractivity contribution in [3.05, 3.63) is 23.3 Å². The Morgan fingerprint density at radius 2 is 2.45 bits per heavy atom. The van der Waals surface area contributed by atoms with Gasteiger partial charge < -0.3 is 5.32 Å². The molecule has 0 aliphatic carbocycles. The van der Waals surface area contributed by atoms with Gasteiger partial charge in [0.1, 0.15) is 0 Å². The topological polar surface area (TPSA) is 54.9 Å². The van der Waals surface area contributed by atoms with Gasteiger partial charge in [0.15, 0.2) is 0 Å². The highest BCUT2D eigenvalue weighted by Crippen LogP contribution is 2.09. The van der Waals surface area contributed by atoms with Gasteiger partial charge in [-0.2, -0.15) is 0 Å². The van der Waals surface area contributed by atoms with Crippen LogP contribution in [0.15, 0.2) is 6.20 Å². The SMILES string of the molecule is O=[C]c1ncc2c(n1)CNC2. The number of fused-ring (bicyclic) bond motifs is 1. The molecule has 1 aromatic heterocycles. The molecule has 0 saturated carbocycles.